The van der Waals surface area contributed by atoms with Crippen LogP contribution in [-0.2, 0) is 9.53 Å². The molecule has 8 nitrogen and oxygen atoms in total. The SMILES string of the molecule is CC(C)(C(=O)NC1C2CC3CC1CC(OC(=O)O)(C3)C2)N1CCN(c2nccs2)CC1. The highest BCUT2D eigenvalue weighted by molar-refractivity contribution is 7.13. The number of carbonyl (C=O) groups excluding carboxylic acids is 1. The number of rotatable bonds is 5. The van der Waals surface area contributed by atoms with Crippen LogP contribution in [0.3, 0.4) is 0 Å². The van der Waals surface area contributed by atoms with Crippen molar-refractivity contribution in [1.82, 2.24) is 15.2 Å². The van der Waals surface area contributed by atoms with E-state index in [0.717, 1.165) is 63.4 Å². The van der Waals surface area contributed by atoms with Crippen molar-refractivity contribution in [3.05, 3.63) is 11.6 Å². The number of piperazine rings is 1. The van der Waals surface area contributed by atoms with Crippen molar-refractivity contribution >= 4 is 28.5 Å². The lowest BCUT2D eigenvalue weighted by atomic mass is 9.52. The summed E-state index contributed by atoms with van der Waals surface area (Å²) in [5.41, 5.74) is -1.11. The second-order valence-corrected chi connectivity index (χ2v) is 11.2. The molecule has 0 spiro atoms. The van der Waals surface area contributed by atoms with Gasteiger partial charge in [-0.3, -0.25) is 9.69 Å². The van der Waals surface area contributed by atoms with Gasteiger partial charge in [0.2, 0.25) is 5.91 Å². The predicted molar refractivity (Wildman–Crippen MR) is 117 cm³/mol. The first kappa shape index (κ1) is 21.0. The van der Waals surface area contributed by atoms with E-state index in [-0.39, 0.29) is 11.9 Å². The summed E-state index contributed by atoms with van der Waals surface area (Å²) < 4.78 is 5.39. The average molecular weight is 449 g/mol. The van der Waals surface area contributed by atoms with Crippen LogP contribution >= 0.6 is 11.3 Å². The molecule has 1 aliphatic heterocycles. The zero-order valence-electron chi connectivity index (χ0n) is 18.2. The molecule has 31 heavy (non-hydrogen) atoms. The molecule has 0 aromatic carbocycles. The molecular formula is C22H32N4O4S. The van der Waals surface area contributed by atoms with Crippen LogP contribution in [0.5, 0.6) is 0 Å². The van der Waals surface area contributed by atoms with E-state index in [1.807, 2.05) is 25.4 Å². The number of thiazole rings is 1. The Balaban J connectivity index is 1.22. The fraction of sp³-hybridized carbons (Fsp3) is 0.773. The van der Waals surface area contributed by atoms with Gasteiger partial charge in [-0.2, -0.15) is 0 Å². The Kier molecular flexibility index (Phi) is 5.16. The first-order valence-corrected chi connectivity index (χ1v) is 12.3. The second-order valence-electron chi connectivity index (χ2n) is 10.4. The summed E-state index contributed by atoms with van der Waals surface area (Å²) in [7, 11) is 0. The highest BCUT2D eigenvalue weighted by Gasteiger charge is 2.58. The van der Waals surface area contributed by atoms with Crippen LogP contribution in [0.4, 0.5) is 9.93 Å². The van der Waals surface area contributed by atoms with Crippen molar-refractivity contribution in [2.75, 3.05) is 31.1 Å². The van der Waals surface area contributed by atoms with Gasteiger partial charge in [-0.25, -0.2) is 9.78 Å². The van der Waals surface area contributed by atoms with Gasteiger partial charge in [-0.05, 0) is 63.7 Å². The third-order valence-corrected chi connectivity index (χ3v) is 8.97. The van der Waals surface area contributed by atoms with Gasteiger partial charge in [0.1, 0.15) is 5.60 Å². The fourth-order valence-corrected chi connectivity index (χ4v) is 7.49. The van der Waals surface area contributed by atoms with E-state index in [1.54, 1.807) is 11.3 Å². The maximum atomic E-state index is 13.4. The minimum atomic E-state index is -1.17. The molecular weight excluding hydrogens is 416 g/mol. The Labute approximate surface area is 187 Å². The van der Waals surface area contributed by atoms with Gasteiger partial charge >= 0.3 is 6.16 Å². The summed E-state index contributed by atoms with van der Waals surface area (Å²) in [5.74, 6) is 1.23. The number of ether oxygens (including phenoxy) is 1. The molecule has 5 aliphatic rings. The van der Waals surface area contributed by atoms with Crippen LogP contribution in [0.15, 0.2) is 11.6 Å². The Hall–Kier alpha value is -1.87. The number of nitrogens with one attached hydrogen (secondary N) is 1. The highest BCUT2D eigenvalue weighted by Crippen LogP contribution is 2.57. The van der Waals surface area contributed by atoms with Crippen LogP contribution < -0.4 is 10.2 Å². The Morgan fingerprint density at radius 1 is 1.19 bits per heavy atom. The molecule has 170 valence electrons. The summed E-state index contributed by atoms with van der Waals surface area (Å²) in [5, 5.41) is 15.7. The Morgan fingerprint density at radius 3 is 2.45 bits per heavy atom. The molecule has 1 saturated heterocycles. The molecule has 9 heteroatoms. The van der Waals surface area contributed by atoms with Gasteiger partial charge in [0.25, 0.3) is 0 Å². The maximum Gasteiger partial charge on any atom is 0.506 e. The smallest absolute Gasteiger partial charge is 0.450 e. The van der Waals surface area contributed by atoms with E-state index >= 15 is 0 Å². The van der Waals surface area contributed by atoms with Crippen molar-refractivity contribution in [3.63, 3.8) is 0 Å². The number of anilines is 1. The first-order chi connectivity index (χ1) is 14.8. The fourth-order valence-electron chi connectivity index (χ4n) is 6.80. The molecule has 1 amide bonds. The monoisotopic (exact) mass is 448 g/mol. The topological polar surface area (TPSA) is 95.0 Å². The zero-order chi connectivity index (χ0) is 21.8. The van der Waals surface area contributed by atoms with Crippen LogP contribution in [0, 0.1) is 17.8 Å². The number of hydrogen-bond donors (Lipinski definition) is 2. The van der Waals surface area contributed by atoms with E-state index in [9.17, 15) is 14.7 Å². The van der Waals surface area contributed by atoms with Crippen molar-refractivity contribution in [2.45, 2.75) is 63.1 Å². The summed E-state index contributed by atoms with van der Waals surface area (Å²) in [6, 6.07) is 0.130. The Bertz CT molecular complexity index is 821. The number of carbonyl (C=O) groups is 2. The van der Waals surface area contributed by atoms with E-state index < -0.39 is 17.3 Å². The zero-order valence-corrected chi connectivity index (χ0v) is 19.1. The number of nitrogens with zero attached hydrogens (tertiary/aromatic N) is 3. The molecule has 2 heterocycles. The molecule has 2 atom stereocenters. The summed E-state index contributed by atoms with van der Waals surface area (Å²) in [4.78, 5) is 33.6. The number of aromatic nitrogens is 1. The predicted octanol–water partition coefficient (Wildman–Crippen LogP) is 2.80. The lowest BCUT2D eigenvalue weighted by Crippen LogP contribution is -2.66. The standard InChI is InChI=1S/C22H32N4O4S/c1-21(2,26-6-4-25(5-7-26)19-23-3-8-31-19)18(27)24-17-15-9-14-10-16(17)13-22(11-14,12-15)30-20(28)29/h3,8,14-17H,4-7,9-13H2,1-2H3,(H,24,27)(H,28,29). The van der Waals surface area contributed by atoms with Crippen molar-refractivity contribution in [3.8, 4) is 0 Å². The minimum Gasteiger partial charge on any atom is -0.450 e. The van der Waals surface area contributed by atoms with Crippen LogP contribution in [0.1, 0.15) is 46.0 Å². The minimum absolute atomic E-state index is 0.0841. The summed E-state index contributed by atoms with van der Waals surface area (Å²) in [6.07, 6.45) is 5.13. The van der Waals surface area contributed by atoms with Crippen LogP contribution in [-0.4, -0.2) is 70.4 Å². The molecule has 2 unspecified atom stereocenters. The van der Waals surface area contributed by atoms with Crippen molar-refractivity contribution in [2.24, 2.45) is 17.8 Å². The van der Waals surface area contributed by atoms with E-state index in [4.69, 9.17) is 4.74 Å². The number of amides is 1. The van der Waals surface area contributed by atoms with Crippen molar-refractivity contribution < 1.29 is 19.4 Å². The van der Waals surface area contributed by atoms with E-state index in [2.05, 4.69) is 20.1 Å². The maximum absolute atomic E-state index is 13.4. The van der Waals surface area contributed by atoms with Crippen LogP contribution in [0.2, 0.25) is 0 Å². The summed E-state index contributed by atoms with van der Waals surface area (Å²) in [6.45, 7) is 7.44. The van der Waals surface area contributed by atoms with Gasteiger partial charge in [0.05, 0.1) is 5.54 Å². The lowest BCUT2D eigenvalue weighted by molar-refractivity contribution is -0.157. The molecule has 1 aromatic rings. The van der Waals surface area contributed by atoms with E-state index in [0.29, 0.717) is 17.8 Å². The summed E-state index contributed by atoms with van der Waals surface area (Å²) >= 11 is 1.65. The van der Waals surface area contributed by atoms with Gasteiger partial charge < -0.3 is 20.1 Å². The van der Waals surface area contributed by atoms with Gasteiger partial charge in [-0.1, -0.05) is 0 Å². The quantitative estimate of drug-likeness (QED) is 0.669. The normalized spacial score (nSPS) is 35.2. The molecule has 4 aliphatic carbocycles. The first-order valence-electron chi connectivity index (χ1n) is 11.4. The van der Waals surface area contributed by atoms with E-state index in [1.165, 1.54) is 0 Å². The molecule has 4 bridgehead atoms. The average Bonchev–Trinajstić information content (AvgIpc) is 3.24. The van der Waals surface area contributed by atoms with Gasteiger partial charge in [-0.15, -0.1) is 11.3 Å². The number of carboxylic acid groups (broad SMARTS) is 1. The molecule has 5 fully saturated rings. The van der Waals surface area contributed by atoms with Gasteiger partial charge in [0, 0.05) is 43.8 Å². The lowest BCUT2D eigenvalue weighted by Gasteiger charge is -2.59. The second kappa shape index (κ2) is 7.62. The largest absolute Gasteiger partial charge is 0.506 e. The van der Waals surface area contributed by atoms with Crippen LogP contribution in [0.25, 0.3) is 0 Å². The third kappa shape index (κ3) is 3.80. The third-order valence-electron chi connectivity index (χ3n) is 8.13. The molecule has 4 saturated carbocycles. The van der Waals surface area contributed by atoms with Crippen molar-refractivity contribution in [1.29, 1.82) is 0 Å². The highest BCUT2D eigenvalue weighted by atomic mass is 32.1. The van der Waals surface area contributed by atoms with Gasteiger partial charge in [0.15, 0.2) is 5.13 Å². The number of hydrogen-bond acceptors (Lipinski definition) is 7. The Morgan fingerprint density at radius 2 is 1.87 bits per heavy atom. The molecule has 6 rings (SSSR count). The molecule has 0 radical (unpaired) electrons. The molecule has 1 aromatic heterocycles. The molecule has 2 N–H and O–H groups in total.